The first-order chi connectivity index (χ1) is 19.9. The first-order valence-electron chi connectivity index (χ1n) is 13.5. The van der Waals surface area contributed by atoms with Crippen LogP contribution in [0.15, 0.2) is 55.2 Å². The van der Waals surface area contributed by atoms with Gasteiger partial charge in [-0.05, 0) is 70.0 Å². The number of carbonyl (C=O) groups excluding carboxylic acids is 2. The molecule has 2 heterocycles. The van der Waals surface area contributed by atoms with Gasteiger partial charge in [0.25, 0.3) is 5.91 Å². The van der Waals surface area contributed by atoms with E-state index in [9.17, 15) is 19.1 Å². The van der Waals surface area contributed by atoms with Gasteiger partial charge in [-0.3, -0.25) is 4.79 Å². The number of alkyl carbamates (subject to hydrolysis) is 1. The van der Waals surface area contributed by atoms with Gasteiger partial charge in [-0.1, -0.05) is 24.3 Å². The molecule has 2 atom stereocenters. The topological polar surface area (TPSA) is 126 Å². The third kappa shape index (κ3) is 7.03. The maximum atomic E-state index is 14.7. The molecule has 0 aliphatic carbocycles. The Morgan fingerprint density at radius 3 is 2.64 bits per heavy atom. The van der Waals surface area contributed by atoms with Crippen molar-refractivity contribution in [1.82, 2.24) is 15.3 Å². The summed E-state index contributed by atoms with van der Waals surface area (Å²) in [6.45, 7) is 11.5. The highest BCUT2D eigenvalue weighted by atomic mass is 19.1. The molecule has 0 spiro atoms. The minimum Gasteiger partial charge on any atom is -0.496 e. The average molecular weight is 578 g/mol. The van der Waals surface area contributed by atoms with Crippen LogP contribution in [0.4, 0.5) is 20.6 Å². The molecular formula is C31H36FN5O5. The second kappa shape index (κ2) is 12.6. The molecule has 0 radical (unpaired) electrons. The van der Waals surface area contributed by atoms with E-state index in [1.807, 2.05) is 24.0 Å². The molecule has 0 saturated carbocycles. The summed E-state index contributed by atoms with van der Waals surface area (Å²) in [5, 5.41) is 16.0. The number of methoxy groups -OCH3 is 1. The van der Waals surface area contributed by atoms with Crippen LogP contribution in [0.5, 0.6) is 5.75 Å². The van der Waals surface area contributed by atoms with E-state index in [1.165, 1.54) is 31.5 Å². The molecule has 1 fully saturated rings. The van der Waals surface area contributed by atoms with E-state index in [2.05, 4.69) is 27.2 Å². The summed E-state index contributed by atoms with van der Waals surface area (Å²) in [7, 11) is 1.41. The van der Waals surface area contributed by atoms with Crippen LogP contribution in [-0.2, 0) is 4.74 Å². The van der Waals surface area contributed by atoms with E-state index in [-0.39, 0.29) is 41.5 Å². The summed E-state index contributed by atoms with van der Waals surface area (Å²) in [5.74, 6) is -0.875. The molecule has 11 heteroatoms. The van der Waals surface area contributed by atoms with Crippen LogP contribution in [0.25, 0.3) is 17.0 Å². The van der Waals surface area contributed by atoms with Gasteiger partial charge in [-0.15, -0.1) is 0 Å². The minimum atomic E-state index is -0.649. The van der Waals surface area contributed by atoms with Crippen molar-refractivity contribution in [3.8, 4) is 17.1 Å². The van der Waals surface area contributed by atoms with Crippen molar-refractivity contribution in [1.29, 1.82) is 0 Å². The van der Waals surface area contributed by atoms with Gasteiger partial charge >= 0.3 is 6.09 Å². The Balaban J connectivity index is 1.63. The van der Waals surface area contributed by atoms with Crippen molar-refractivity contribution in [3.05, 3.63) is 72.3 Å². The molecule has 4 rings (SSSR count). The van der Waals surface area contributed by atoms with Crippen LogP contribution >= 0.6 is 0 Å². The molecule has 2 amide bonds. The van der Waals surface area contributed by atoms with Gasteiger partial charge in [0.05, 0.1) is 42.7 Å². The third-order valence-electron chi connectivity index (χ3n) is 6.70. The lowest BCUT2D eigenvalue weighted by atomic mass is 10.1. The number of aliphatic hydroxyl groups is 1. The fourth-order valence-corrected chi connectivity index (χ4v) is 4.79. The summed E-state index contributed by atoms with van der Waals surface area (Å²) in [6, 6.07) is 10.6. The highest BCUT2D eigenvalue weighted by molar-refractivity contribution is 6.05. The molecule has 1 aliphatic heterocycles. The monoisotopic (exact) mass is 577 g/mol. The molecule has 3 N–H and O–H groups in total. The lowest BCUT2D eigenvalue weighted by Gasteiger charge is -2.28. The third-order valence-corrected chi connectivity index (χ3v) is 6.70. The second-order valence-corrected chi connectivity index (χ2v) is 11.1. The molecule has 3 aromatic rings. The normalized spacial score (nSPS) is 16.6. The second-order valence-electron chi connectivity index (χ2n) is 11.1. The standard InChI is InChI=1S/C31H36FN5O5/c1-18(2)19-10-11-23(25(14-19)37-16-20(15-21(37)17-38)34-30(40)42-31(3,4)5)36-29(39)24-12-13-33-28(35-24)27-22(32)8-7-9-26(27)41-6/h7-14,20-21,38H,1,15-17H2,2-6H3,(H,34,40)(H,36,39). The van der Waals surface area contributed by atoms with Crippen molar-refractivity contribution in [2.75, 3.05) is 30.5 Å². The first-order valence-corrected chi connectivity index (χ1v) is 13.5. The molecule has 1 aromatic heterocycles. The smallest absolute Gasteiger partial charge is 0.407 e. The van der Waals surface area contributed by atoms with E-state index >= 15 is 0 Å². The molecule has 10 nitrogen and oxygen atoms in total. The first kappa shape index (κ1) is 30.4. The molecule has 42 heavy (non-hydrogen) atoms. The average Bonchev–Trinajstić information content (AvgIpc) is 3.34. The molecule has 1 saturated heterocycles. The zero-order valence-corrected chi connectivity index (χ0v) is 24.4. The van der Waals surface area contributed by atoms with Gasteiger partial charge in [-0.25, -0.2) is 19.2 Å². The van der Waals surface area contributed by atoms with Crippen molar-refractivity contribution < 1.29 is 28.6 Å². The fraction of sp³-hybridized carbons (Fsp3) is 0.355. The number of allylic oxidation sites excluding steroid dienone is 1. The van der Waals surface area contributed by atoms with Crippen molar-refractivity contribution in [2.45, 2.75) is 51.8 Å². The maximum Gasteiger partial charge on any atom is 0.407 e. The number of rotatable bonds is 8. The summed E-state index contributed by atoms with van der Waals surface area (Å²) >= 11 is 0. The van der Waals surface area contributed by atoms with Gasteiger partial charge in [-0.2, -0.15) is 0 Å². The molecule has 2 unspecified atom stereocenters. The molecule has 222 valence electrons. The fourth-order valence-electron chi connectivity index (χ4n) is 4.79. The van der Waals surface area contributed by atoms with Gasteiger partial charge in [0.1, 0.15) is 22.9 Å². The number of aliphatic hydroxyl groups excluding tert-OH is 1. The SMILES string of the molecule is C=C(C)c1ccc(NC(=O)c2ccnc(-c3c(F)cccc3OC)n2)c(N2CC(NC(=O)OC(C)(C)C)CC2CO)c1. The van der Waals surface area contributed by atoms with Crippen LogP contribution < -0.4 is 20.3 Å². The largest absolute Gasteiger partial charge is 0.496 e. The zero-order valence-electron chi connectivity index (χ0n) is 24.4. The molecule has 2 aromatic carbocycles. The lowest BCUT2D eigenvalue weighted by Crippen LogP contribution is -2.40. The number of hydrogen-bond acceptors (Lipinski definition) is 8. The minimum absolute atomic E-state index is 0.00593. The number of amides is 2. The van der Waals surface area contributed by atoms with Crippen LogP contribution in [-0.4, -0.2) is 65.0 Å². The molecule has 0 bridgehead atoms. The van der Waals surface area contributed by atoms with E-state index in [4.69, 9.17) is 9.47 Å². The quantitative estimate of drug-likeness (QED) is 0.340. The number of nitrogens with one attached hydrogen (secondary N) is 2. The number of anilines is 2. The van der Waals surface area contributed by atoms with Crippen molar-refractivity contribution in [2.24, 2.45) is 0 Å². The number of nitrogens with zero attached hydrogens (tertiary/aromatic N) is 3. The Morgan fingerprint density at radius 2 is 1.98 bits per heavy atom. The van der Waals surface area contributed by atoms with Crippen molar-refractivity contribution >= 4 is 28.9 Å². The van der Waals surface area contributed by atoms with Crippen LogP contribution in [0.3, 0.4) is 0 Å². The van der Waals surface area contributed by atoms with Gasteiger partial charge in [0.2, 0.25) is 0 Å². The predicted octanol–water partition coefficient (Wildman–Crippen LogP) is 5.04. The van der Waals surface area contributed by atoms with E-state index < -0.39 is 23.4 Å². The highest BCUT2D eigenvalue weighted by Gasteiger charge is 2.35. The van der Waals surface area contributed by atoms with Crippen molar-refractivity contribution in [3.63, 3.8) is 0 Å². The van der Waals surface area contributed by atoms with Gasteiger partial charge in [0.15, 0.2) is 5.82 Å². The van der Waals surface area contributed by atoms with E-state index in [0.717, 1.165) is 11.1 Å². The summed E-state index contributed by atoms with van der Waals surface area (Å²) in [6.07, 6.45) is 1.31. The van der Waals surface area contributed by atoms with Gasteiger partial charge < -0.3 is 30.1 Å². The van der Waals surface area contributed by atoms with E-state index in [0.29, 0.717) is 24.3 Å². The maximum absolute atomic E-state index is 14.7. The van der Waals surface area contributed by atoms with Gasteiger partial charge in [0, 0.05) is 12.7 Å². The zero-order chi connectivity index (χ0) is 30.6. The Kier molecular flexibility index (Phi) is 9.11. The Morgan fingerprint density at radius 1 is 1.21 bits per heavy atom. The number of ether oxygens (including phenoxy) is 2. The molecular weight excluding hydrogens is 541 g/mol. The Hall–Kier alpha value is -4.51. The number of aromatic nitrogens is 2. The predicted molar refractivity (Wildman–Crippen MR) is 159 cm³/mol. The number of carbonyl (C=O) groups is 2. The summed E-state index contributed by atoms with van der Waals surface area (Å²) in [5.41, 5.74) is 2.18. The summed E-state index contributed by atoms with van der Waals surface area (Å²) < 4.78 is 25.3. The number of hydrogen-bond donors (Lipinski definition) is 3. The number of halogens is 1. The van der Waals surface area contributed by atoms with E-state index in [1.54, 1.807) is 32.9 Å². The number of benzene rings is 2. The lowest BCUT2D eigenvalue weighted by molar-refractivity contribution is 0.0507. The highest BCUT2D eigenvalue weighted by Crippen LogP contribution is 2.35. The van der Waals surface area contributed by atoms with Crippen LogP contribution in [0, 0.1) is 5.82 Å². The van der Waals surface area contributed by atoms with Crippen LogP contribution in [0.1, 0.15) is 50.2 Å². The van der Waals surface area contributed by atoms with Crippen LogP contribution in [0.2, 0.25) is 0 Å². The summed E-state index contributed by atoms with van der Waals surface area (Å²) in [4.78, 5) is 36.3. The Bertz CT molecular complexity index is 1490. The molecule has 1 aliphatic rings. The Labute approximate surface area is 244 Å².